The molecule has 1 aliphatic rings. The zero-order chi connectivity index (χ0) is 42.8. The number of nitrogens with one attached hydrogen (secondary N) is 1. The molecule has 0 radical (unpaired) electrons. The lowest BCUT2D eigenvalue weighted by molar-refractivity contribution is -0.135. The Morgan fingerprint density at radius 2 is 1.00 bits per heavy atom. The van der Waals surface area contributed by atoms with Crippen molar-refractivity contribution in [3.8, 4) is 11.5 Å². The second kappa shape index (κ2) is 19.8. The third-order valence-electron chi connectivity index (χ3n) is 8.88. The summed E-state index contributed by atoms with van der Waals surface area (Å²) in [6.07, 6.45) is 4.40. The number of halogens is 10. The van der Waals surface area contributed by atoms with Gasteiger partial charge in [0.15, 0.2) is 0 Å². The van der Waals surface area contributed by atoms with Crippen molar-refractivity contribution >= 4 is 24.3 Å². The number of carbonyl (C=O) groups excluding carboxylic acids is 4. The van der Waals surface area contributed by atoms with Crippen molar-refractivity contribution in [2.75, 3.05) is 6.61 Å². The summed E-state index contributed by atoms with van der Waals surface area (Å²) < 4.78 is 153. The van der Waals surface area contributed by atoms with E-state index in [1.54, 1.807) is 24.3 Å². The van der Waals surface area contributed by atoms with Crippen molar-refractivity contribution in [3.63, 3.8) is 0 Å². The number of hydrogen-bond acceptors (Lipinski definition) is 7. The molecule has 8 nitrogen and oxygen atoms in total. The maximum absolute atomic E-state index is 14.2. The minimum absolute atomic E-state index is 0.332. The summed E-state index contributed by atoms with van der Waals surface area (Å²) in [7, 11) is 0. The van der Waals surface area contributed by atoms with Gasteiger partial charge in [-0.15, -0.1) is 0 Å². The molecule has 0 fully saturated rings. The van der Waals surface area contributed by atoms with Gasteiger partial charge in [0.25, 0.3) is 0 Å². The standard InChI is InChI=1S/C39H33F10NO7/c1-5-7-10-21-19(3)20(4)22(11-8-6-2)23(21)18-55-38(54)50-39(14-9-17-51,15-12-24(52)56-36-32(46)28(42)26(40)29(43)33(36)47)16-13-25(53)57-37-34(48)30(44)27(41)31(45)35(37)49/h5-8,10-11,17,23H,1-2,9,12-16,18H2,3-4H3,(H,50,54)/b10-7-,11-8-. The van der Waals surface area contributed by atoms with Gasteiger partial charge < -0.3 is 24.3 Å². The topological polar surface area (TPSA) is 108 Å². The van der Waals surface area contributed by atoms with Crippen LogP contribution in [0.3, 0.4) is 0 Å². The van der Waals surface area contributed by atoms with Crippen LogP contribution in [-0.4, -0.2) is 36.5 Å². The quantitative estimate of drug-likeness (QED) is 0.0304. The molecule has 0 saturated heterocycles. The average molecular weight is 818 g/mol. The molecule has 1 N–H and O–H groups in total. The van der Waals surface area contributed by atoms with Gasteiger partial charge in [-0.2, -0.15) is 17.6 Å². The molecule has 0 aliphatic heterocycles. The summed E-state index contributed by atoms with van der Waals surface area (Å²) in [6.45, 7) is 10.6. The first-order chi connectivity index (χ1) is 26.9. The largest absolute Gasteiger partial charge is 0.449 e. The smallest absolute Gasteiger partial charge is 0.407 e. The summed E-state index contributed by atoms with van der Waals surface area (Å²) in [4.78, 5) is 50.5. The second-order valence-electron chi connectivity index (χ2n) is 12.4. The Kier molecular flexibility index (Phi) is 15.8. The molecule has 3 rings (SSSR count). The first kappa shape index (κ1) is 45.4. The fourth-order valence-corrected chi connectivity index (χ4v) is 5.80. The monoisotopic (exact) mass is 817 g/mol. The van der Waals surface area contributed by atoms with E-state index in [0.29, 0.717) is 6.29 Å². The highest BCUT2D eigenvalue weighted by Gasteiger charge is 2.37. The second-order valence-corrected chi connectivity index (χ2v) is 12.4. The molecule has 0 spiro atoms. The molecule has 1 aliphatic carbocycles. The van der Waals surface area contributed by atoms with E-state index in [1.807, 2.05) is 13.8 Å². The van der Waals surface area contributed by atoms with Gasteiger partial charge in [0.2, 0.25) is 69.7 Å². The fourth-order valence-electron chi connectivity index (χ4n) is 5.80. The highest BCUT2D eigenvalue weighted by atomic mass is 19.2. The number of carbonyl (C=O) groups is 4. The summed E-state index contributed by atoms with van der Waals surface area (Å²) in [6, 6.07) is 0. The Morgan fingerprint density at radius 3 is 1.35 bits per heavy atom. The number of allylic oxidation sites excluding steroid dienone is 8. The van der Waals surface area contributed by atoms with E-state index in [2.05, 4.69) is 27.9 Å². The molecule has 306 valence electrons. The van der Waals surface area contributed by atoms with Crippen LogP contribution in [0.5, 0.6) is 11.5 Å². The number of esters is 2. The summed E-state index contributed by atoms with van der Waals surface area (Å²) >= 11 is 0. The molecule has 57 heavy (non-hydrogen) atoms. The van der Waals surface area contributed by atoms with Gasteiger partial charge in [-0.1, -0.05) is 49.6 Å². The highest BCUT2D eigenvalue weighted by molar-refractivity contribution is 5.75. The zero-order valence-corrected chi connectivity index (χ0v) is 30.1. The predicted octanol–water partition coefficient (Wildman–Crippen LogP) is 9.34. The number of rotatable bonds is 18. The van der Waals surface area contributed by atoms with Crippen LogP contribution in [0.4, 0.5) is 48.7 Å². The van der Waals surface area contributed by atoms with Gasteiger partial charge in [-0.3, -0.25) is 9.59 Å². The first-order valence-electron chi connectivity index (χ1n) is 16.7. The van der Waals surface area contributed by atoms with Gasteiger partial charge in [0.05, 0.1) is 0 Å². The SMILES string of the molecule is C=C/C=C\C1=C(C)C(C)=C(/C=C\C=C)C1COC(=O)NC(CCC=O)(CCC(=O)Oc1c(F)c(F)c(F)c(F)c1F)CCC(=O)Oc1c(F)c(F)c(F)c(F)c1F. The Balaban J connectivity index is 1.96. The average Bonchev–Trinajstić information content (AvgIpc) is 3.42. The molecule has 0 aromatic heterocycles. The molecule has 1 amide bonds. The van der Waals surface area contributed by atoms with Crippen LogP contribution < -0.4 is 14.8 Å². The Labute approximate surface area is 318 Å². The van der Waals surface area contributed by atoms with E-state index < -0.39 is 138 Å². The number of amides is 1. The molecular formula is C39H33F10NO7. The number of alkyl carbamates (subject to hydrolysis) is 1. The normalized spacial score (nSPS) is 13.5. The highest BCUT2D eigenvalue weighted by Crippen LogP contribution is 2.39. The van der Waals surface area contributed by atoms with E-state index in [1.165, 1.54) is 12.2 Å². The van der Waals surface area contributed by atoms with E-state index >= 15 is 0 Å². The van der Waals surface area contributed by atoms with E-state index in [4.69, 9.17) is 4.74 Å². The predicted molar refractivity (Wildman–Crippen MR) is 182 cm³/mol. The minimum atomic E-state index is -2.54. The van der Waals surface area contributed by atoms with Crippen molar-refractivity contribution in [2.24, 2.45) is 5.92 Å². The van der Waals surface area contributed by atoms with Crippen LogP contribution >= 0.6 is 0 Å². The Hall–Kier alpha value is -5.94. The molecule has 18 heteroatoms. The molecule has 0 bridgehead atoms. The van der Waals surface area contributed by atoms with Crippen molar-refractivity contribution < 1.29 is 77.3 Å². The molecule has 0 unspecified atom stereocenters. The maximum Gasteiger partial charge on any atom is 0.407 e. The van der Waals surface area contributed by atoms with Crippen molar-refractivity contribution in [1.29, 1.82) is 0 Å². The van der Waals surface area contributed by atoms with E-state index in [9.17, 15) is 63.1 Å². The third kappa shape index (κ3) is 10.5. The number of aldehydes is 1. The zero-order valence-electron chi connectivity index (χ0n) is 30.1. The minimum Gasteiger partial charge on any atom is -0.449 e. The maximum atomic E-state index is 14.2. The van der Waals surface area contributed by atoms with Crippen LogP contribution in [0.25, 0.3) is 0 Å². The van der Waals surface area contributed by atoms with Gasteiger partial charge in [0.1, 0.15) is 12.9 Å². The van der Waals surface area contributed by atoms with Gasteiger partial charge in [0, 0.05) is 30.7 Å². The van der Waals surface area contributed by atoms with Gasteiger partial charge in [-0.25, -0.2) is 31.1 Å². The number of ether oxygens (including phenoxy) is 3. The summed E-state index contributed by atoms with van der Waals surface area (Å²) in [5.41, 5.74) is 1.15. The van der Waals surface area contributed by atoms with Gasteiger partial charge >= 0.3 is 18.0 Å². The lowest BCUT2D eigenvalue weighted by atomic mass is 9.84. The van der Waals surface area contributed by atoms with Crippen molar-refractivity contribution in [3.05, 3.63) is 130 Å². The lowest BCUT2D eigenvalue weighted by Crippen LogP contribution is -2.50. The van der Waals surface area contributed by atoms with Crippen molar-refractivity contribution in [1.82, 2.24) is 5.32 Å². The van der Waals surface area contributed by atoms with Crippen molar-refractivity contribution in [2.45, 2.75) is 57.9 Å². The van der Waals surface area contributed by atoms with Crippen LogP contribution in [0.15, 0.2) is 71.9 Å². The fraction of sp³-hybridized carbons (Fsp3) is 0.282. The summed E-state index contributed by atoms with van der Waals surface area (Å²) in [5.74, 6) is -32.5. The number of hydrogen-bond donors (Lipinski definition) is 1. The molecule has 2 aromatic rings. The molecule has 2 aromatic carbocycles. The molecule has 0 atom stereocenters. The van der Waals surface area contributed by atoms with Crippen LogP contribution in [-0.2, 0) is 19.1 Å². The Morgan fingerprint density at radius 1 is 0.632 bits per heavy atom. The summed E-state index contributed by atoms with van der Waals surface area (Å²) in [5, 5.41) is 2.39. The first-order valence-corrected chi connectivity index (χ1v) is 16.7. The Bertz CT molecular complexity index is 1910. The molecular weight excluding hydrogens is 784 g/mol. The van der Waals surface area contributed by atoms with E-state index in [-0.39, 0.29) is 6.61 Å². The third-order valence-corrected chi connectivity index (χ3v) is 8.88. The van der Waals surface area contributed by atoms with E-state index in [0.717, 1.165) is 22.3 Å². The van der Waals surface area contributed by atoms with Crippen LogP contribution in [0.1, 0.15) is 52.4 Å². The molecule has 0 heterocycles. The number of benzene rings is 2. The van der Waals surface area contributed by atoms with Crippen LogP contribution in [0.2, 0.25) is 0 Å². The van der Waals surface area contributed by atoms with Gasteiger partial charge in [-0.05, 0) is 55.4 Å². The lowest BCUT2D eigenvalue weighted by Gasteiger charge is -2.34. The molecule has 0 saturated carbocycles. The van der Waals surface area contributed by atoms with Crippen LogP contribution in [0, 0.1) is 64.1 Å².